The topological polar surface area (TPSA) is 63.1 Å². The summed E-state index contributed by atoms with van der Waals surface area (Å²) in [5.74, 6) is -0.0548. The molecule has 0 bridgehead atoms. The number of rotatable bonds is 2. The summed E-state index contributed by atoms with van der Waals surface area (Å²) in [5, 5.41) is 12.4. The lowest BCUT2D eigenvalue weighted by Crippen LogP contribution is -2.36. The standard InChI is InChI=1S/C17H20ClN5O/c18-15-3-1-2-12-10-22(9-6-14(12)15)17(24)16-11-23(21-20-16)13-4-7-19-8-5-13/h1-3,11,13,19H,4-10H2. The molecule has 1 amide bonds. The lowest BCUT2D eigenvalue weighted by atomic mass is 9.99. The molecule has 126 valence electrons. The molecule has 0 unspecified atom stereocenters. The molecule has 0 saturated carbocycles. The van der Waals surface area contributed by atoms with Gasteiger partial charge in [0.05, 0.1) is 12.2 Å². The molecule has 0 radical (unpaired) electrons. The first-order valence-electron chi connectivity index (χ1n) is 8.40. The van der Waals surface area contributed by atoms with Gasteiger partial charge in [0.15, 0.2) is 5.69 Å². The molecule has 0 aliphatic carbocycles. The Kier molecular flexibility index (Phi) is 4.24. The van der Waals surface area contributed by atoms with Gasteiger partial charge in [-0.2, -0.15) is 0 Å². The van der Waals surface area contributed by atoms with E-state index >= 15 is 0 Å². The summed E-state index contributed by atoms with van der Waals surface area (Å²) in [5.41, 5.74) is 2.70. The highest BCUT2D eigenvalue weighted by Gasteiger charge is 2.26. The number of carbonyl (C=O) groups excluding carboxylic acids is 1. The van der Waals surface area contributed by atoms with E-state index in [2.05, 4.69) is 15.6 Å². The van der Waals surface area contributed by atoms with Crippen LogP contribution in [-0.2, 0) is 13.0 Å². The molecule has 1 N–H and O–H groups in total. The predicted octanol–water partition coefficient (Wildman–Crippen LogP) is 2.05. The molecular formula is C17H20ClN5O. The highest BCUT2D eigenvalue weighted by Crippen LogP contribution is 2.26. The van der Waals surface area contributed by atoms with Crippen LogP contribution in [0, 0.1) is 0 Å². The molecule has 24 heavy (non-hydrogen) atoms. The fourth-order valence-corrected chi connectivity index (χ4v) is 3.81. The number of aromatic nitrogens is 3. The first kappa shape index (κ1) is 15.6. The molecule has 7 heteroatoms. The lowest BCUT2D eigenvalue weighted by Gasteiger charge is -2.28. The van der Waals surface area contributed by atoms with Crippen LogP contribution in [0.5, 0.6) is 0 Å². The summed E-state index contributed by atoms with van der Waals surface area (Å²) in [6.07, 6.45) is 4.62. The van der Waals surface area contributed by atoms with E-state index in [1.807, 2.05) is 27.8 Å². The van der Waals surface area contributed by atoms with Crippen molar-refractivity contribution in [1.29, 1.82) is 0 Å². The van der Waals surface area contributed by atoms with E-state index in [0.29, 0.717) is 24.8 Å². The van der Waals surface area contributed by atoms with Crippen LogP contribution in [0.3, 0.4) is 0 Å². The maximum absolute atomic E-state index is 12.8. The van der Waals surface area contributed by atoms with Gasteiger partial charge in [-0.3, -0.25) is 4.79 Å². The van der Waals surface area contributed by atoms with Crippen molar-refractivity contribution in [2.45, 2.75) is 31.8 Å². The van der Waals surface area contributed by atoms with Crippen LogP contribution in [0.2, 0.25) is 5.02 Å². The van der Waals surface area contributed by atoms with Crippen LogP contribution in [0.25, 0.3) is 0 Å². The summed E-state index contributed by atoms with van der Waals surface area (Å²) >= 11 is 6.24. The third kappa shape index (κ3) is 2.91. The summed E-state index contributed by atoms with van der Waals surface area (Å²) < 4.78 is 1.85. The molecule has 1 saturated heterocycles. The van der Waals surface area contributed by atoms with Crippen LogP contribution in [0.15, 0.2) is 24.4 Å². The highest BCUT2D eigenvalue weighted by molar-refractivity contribution is 6.31. The van der Waals surface area contributed by atoms with E-state index in [1.54, 1.807) is 6.20 Å². The number of fused-ring (bicyclic) bond motifs is 1. The Morgan fingerprint density at radius 1 is 1.29 bits per heavy atom. The van der Waals surface area contributed by atoms with Gasteiger partial charge in [-0.1, -0.05) is 28.9 Å². The summed E-state index contributed by atoms with van der Waals surface area (Å²) in [6, 6.07) is 6.21. The fraction of sp³-hybridized carbons (Fsp3) is 0.471. The minimum atomic E-state index is -0.0548. The first-order valence-corrected chi connectivity index (χ1v) is 8.78. The Balaban J connectivity index is 1.49. The molecule has 1 fully saturated rings. The van der Waals surface area contributed by atoms with Crippen molar-refractivity contribution in [3.63, 3.8) is 0 Å². The van der Waals surface area contributed by atoms with E-state index in [4.69, 9.17) is 11.6 Å². The number of amides is 1. The van der Waals surface area contributed by atoms with E-state index in [0.717, 1.165) is 48.5 Å². The van der Waals surface area contributed by atoms with Crippen molar-refractivity contribution in [2.75, 3.05) is 19.6 Å². The van der Waals surface area contributed by atoms with Crippen molar-refractivity contribution in [3.05, 3.63) is 46.2 Å². The van der Waals surface area contributed by atoms with Gasteiger partial charge in [0, 0.05) is 18.1 Å². The minimum absolute atomic E-state index is 0.0548. The number of nitrogens with zero attached hydrogens (tertiary/aromatic N) is 4. The Bertz CT molecular complexity index is 753. The Morgan fingerprint density at radius 3 is 2.96 bits per heavy atom. The number of nitrogens with one attached hydrogen (secondary N) is 1. The van der Waals surface area contributed by atoms with Crippen LogP contribution >= 0.6 is 11.6 Å². The third-order valence-corrected chi connectivity index (χ3v) is 5.26. The highest BCUT2D eigenvalue weighted by atomic mass is 35.5. The number of piperidine rings is 1. The number of hydrogen-bond acceptors (Lipinski definition) is 4. The van der Waals surface area contributed by atoms with Gasteiger partial charge in [-0.25, -0.2) is 4.68 Å². The smallest absolute Gasteiger partial charge is 0.276 e. The second-order valence-corrected chi connectivity index (χ2v) is 6.83. The van der Waals surface area contributed by atoms with Crippen molar-refractivity contribution >= 4 is 17.5 Å². The SMILES string of the molecule is O=C(c1cn(C2CCNCC2)nn1)N1CCc2c(Cl)cccc2C1. The van der Waals surface area contributed by atoms with Gasteiger partial charge in [-0.05, 0) is 49.5 Å². The van der Waals surface area contributed by atoms with E-state index in [-0.39, 0.29) is 5.91 Å². The second-order valence-electron chi connectivity index (χ2n) is 6.42. The van der Waals surface area contributed by atoms with Gasteiger partial charge in [-0.15, -0.1) is 5.10 Å². The van der Waals surface area contributed by atoms with Crippen molar-refractivity contribution in [3.8, 4) is 0 Å². The van der Waals surface area contributed by atoms with Gasteiger partial charge < -0.3 is 10.2 Å². The molecule has 0 spiro atoms. The molecule has 3 heterocycles. The normalized spacial score (nSPS) is 18.5. The molecule has 1 aromatic heterocycles. The molecular weight excluding hydrogens is 326 g/mol. The molecule has 2 aliphatic heterocycles. The van der Waals surface area contributed by atoms with Gasteiger partial charge >= 0.3 is 0 Å². The van der Waals surface area contributed by atoms with Crippen LogP contribution in [-0.4, -0.2) is 45.4 Å². The Labute approximate surface area is 145 Å². The van der Waals surface area contributed by atoms with E-state index in [9.17, 15) is 4.79 Å². The third-order valence-electron chi connectivity index (χ3n) is 4.91. The zero-order valence-electron chi connectivity index (χ0n) is 13.4. The Morgan fingerprint density at radius 2 is 2.12 bits per heavy atom. The molecule has 0 atom stereocenters. The van der Waals surface area contributed by atoms with Crippen molar-refractivity contribution in [2.24, 2.45) is 0 Å². The van der Waals surface area contributed by atoms with E-state index < -0.39 is 0 Å². The van der Waals surface area contributed by atoms with Gasteiger partial charge in [0.1, 0.15) is 0 Å². The molecule has 6 nitrogen and oxygen atoms in total. The maximum Gasteiger partial charge on any atom is 0.276 e. The second kappa shape index (κ2) is 6.53. The number of halogens is 1. The summed E-state index contributed by atoms with van der Waals surface area (Å²) in [6.45, 7) is 3.21. The molecule has 4 rings (SSSR count). The summed E-state index contributed by atoms with van der Waals surface area (Å²) in [7, 11) is 0. The largest absolute Gasteiger partial charge is 0.333 e. The summed E-state index contributed by atoms with van der Waals surface area (Å²) in [4.78, 5) is 14.6. The van der Waals surface area contributed by atoms with Crippen LogP contribution in [0.1, 0.15) is 40.5 Å². The number of hydrogen-bond donors (Lipinski definition) is 1. The van der Waals surface area contributed by atoms with Crippen LogP contribution < -0.4 is 5.32 Å². The van der Waals surface area contributed by atoms with Gasteiger partial charge in [0.2, 0.25) is 0 Å². The molecule has 1 aromatic carbocycles. The first-order chi connectivity index (χ1) is 11.7. The van der Waals surface area contributed by atoms with Crippen molar-refractivity contribution in [1.82, 2.24) is 25.2 Å². The molecule has 2 aliphatic rings. The van der Waals surface area contributed by atoms with Crippen molar-refractivity contribution < 1.29 is 4.79 Å². The zero-order valence-corrected chi connectivity index (χ0v) is 14.2. The average Bonchev–Trinajstić information content (AvgIpc) is 3.12. The quantitative estimate of drug-likeness (QED) is 0.905. The predicted molar refractivity (Wildman–Crippen MR) is 91.1 cm³/mol. The number of benzene rings is 1. The minimum Gasteiger partial charge on any atom is -0.333 e. The monoisotopic (exact) mass is 345 g/mol. The maximum atomic E-state index is 12.8. The average molecular weight is 346 g/mol. The van der Waals surface area contributed by atoms with E-state index in [1.165, 1.54) is 0 Å². The van der Waals surface area contributed by atoms with Gasteiger partial charge in [0.25, 0.3) is 5.91 Å². The number of carbonyl (C=O) groups is 1. The van der Waals surface area contributed by atoms with Crippen LogP contribution in [0.4, 0.5) is 0 Å². The fourth-order valence-electron chi connectivity index (χ4n) is 3.52. The lowest BCUT2D eigenvalue weighted by molar-refractivity contribution is 0.0728. The molecule has 2 aromatic rings. The zero-order chi connectivity index (χ0) is 16.5. The Hall–Kier alpha value is -1.92.